The van der Waals surface area contributed by atoms with Gasteiger partial charge >= 0.3 is 6.01 Å². The van der Waals surface area contributed by atoms with Gasteiger partial charge < -0.3 is 25.0 Å². The van der Waals surface area contributed by atoms with Crippen LogP contribution in [0.3, 0.4) is 0 Å². The summed E-state index contributed by atoms with van der Waals surface area (Å²) in [7, 11) is 2.19. The number of aromatic hydroxyl groups is 1. The van der Waals surface area contributed by atoms with E-state index in [0.717, 1.165) is 57.6 Å². The van der Waals surface area contributed by atoms with Crippen LogP contribution in [0.4, 0.5) is 5.82 Å². The molecule has 7 rings (SSSR count). The van der Waals surface area contributed by atoms with Crippen LogP contribution in [0.5, 0.6) is 11.8 Å². The minimum absolute atomic E-state index is 0.0675. The quantitative estimate of drug-likeness (QED) is 0.704. The number of hydrogen-bond acceptors (Lipinski definition) is 7. The number of benzene rings is 1. The molecule has 3 saturated heterocycles. The topological polar surface area (TPSA) is 73.8 Å². The molecule has 35 heavy (non-hydrogen) atoms. The largest absolute Gasteiger partial charge is 0.508 e. The Morgan fingerprint density at radius 2 is 1.94 bits per heavy atom. The Morgan fingerprint density at radius 1 is 1.11 bits per heavy atom. The molecule has 2 bridgehead atoms. The number of rotatable bonds is 4. The maximum atomic E-state index is 10.3. The van der Waals surface area contributed by atoms with Gasteiger partial charge in [0.25, 0.3) is 0 Å². The molecule has 1 aromatic carbocycles. The zero-order chi connectivity index (χ0) is 23.6. The lowest BCUT2D eigenvalue weighted by atomic mass is 9.69. The molecule has 2 aliphatic carbocycles. The Hall–Kier alpha value is -2.38. The fraction of sp³-hybridized carbons (Fsp3) is 0.643. The minimum atomic E-state index is 0.0675. The van der Waals surface area contributed by atoms with Gasteiger partial charge in [0.05, 0.1) is 5.69 Å². The molecule has 1 aromatic heterocycles. The second-order valence-corrected chi connectivity index (χ2v) is 11.6. The van der Waals surface area contributed by atoms with E-state index in [1.165, 1.54) is 48.1 Å². The highest BCUT2D eigenvalue weighted by Crippen LogP contribution is 2.50. The van der Waals surface area contributed by atoms with Crippen LogP contribution in [-0.2, 0) is 24.7 Å². The Bertz CT molecular complexity index is 1120. The van der Waals surface area contributed by atoms with Crippen LogP contribution in [0.15, 0.2) is 18.2 Å². The maximum Gasteiger partial charge on any atom is 0.318 e. The normalized spacial score (nSPS) is 31.7. The van der Waals surface area contributed by atoms with Crippen molar-refractivity contribution in [1.29, 1.82) is 0 Å². The van der Waals surface area contributed by atoms with Gasteiger partial charge in [0, 0.05) is 42.2 Å². The smallest absolute Gasteiger partial charge is 0.318 e. The second kappa shape index (κ2) is 8.34. The molecule has 7 nitrogen and oxygen atoms in total. The summed E-state index contributed by atoms with van der Waals surface area (Å²) in [6, 6.07) is 8.00. The monoisotopic (exact) mass is 475 g/mol. The third-order valence-electron chi connectivity index (χ3n) is 9.65. The predicted octanol–water partition coefficient (Wildman–Crippen LogP) is 2.97. The Morgan fingerprint density at radius 3 is 2.74 bits per heavy atom. The van der Waals surface area contributed by atoms with Crippen molar-refractivity contribution in [3.05, 3.63) is 40.6 Å². The number of piperazine rings is 1. The summed E-state index contributed by atoms with van der Waals surface area (Å²) in [5, 5.41) is 13.9. The summed E-state index contributed by atoms with van der Waals surface area (Å²) in [5.74, 6) is 1.52. The number of ether oxygens (including phenoxy) is 1. The number of aromatic nitrogens is 2. The fourth-order valence-electron chi connectivity index (χ4n) is 7.66. The van der Waals surface area contributed by atoms with Gasteiger partial charge in [0.2, 0.25) is 0 Å². The molecule has 1 unspecified atom stereocenters. The van der Waals surface area contributed by atoms with Crippen LogP contribution in [0.25, 0.3) is 0 Å². The molecule has 4 heterocycles. The van der Waals surface area contributed by atoms with Gasteiger partial charge in [-0.3, -0.25) is 0 Å². The molecule has 3 fully saturated rings. The summed E-state index contributed by atoms with van der Waals surface area (Å²) in [6.45, 7) is 3.87. The average molecular weight is 476 g/mol. The summed E-state index contributed by atoms with van der Waals surface area (Å²) in [5.41, 5.74) is 5.30. The van der Waals surface area contributed by atoms with Gasteiger partial charge in [-0.25, -0.2) is 0 Å². The lowest BCUT2D eigenvalue weighted by Crippen LogP contribution is -2.53. The number of likely N-dealkylation sites (N-methyl/N-ethyl adjacent to an activating group) is 1. The van der Waals surface area contributed by atoms with E-state index in [2.05, 4.69) is 28.2 Å². The SMILES string of the molecule is CN1CCC[C@H]1COc1nc2c(c(N3[C@@H]4CC[C@H]3CNC4)n1)CCC1(CCc3ccc(O)cc31)C2. The minimum Gasteiger partial charge on any atom is -0.508 e. The molecular weight excluding hydrogens is 438 g/mol. The van der Waals surface area contributed by atoms with Crippen molar-refractivity contribution in [2.75, 3.05) is 38.2 Å². The van der Waals surface area contributed by atoms with Crippen molar-refractivity contribution in [2.45, 2.75) is 81.3 Å². The van der Waals surface area contributed by atoms with Gasteiger partial charge in [0.15, 0.2) is 0 Å². The van der Waals surface area contributed by atoms with Gasteiger partial charge in [-0.15, -0.1) is 0 Å². The third kappa shape index (κ3) is 3.61. The first kappa shape index (κ1) is 21.9. The van der Waals surface area contributed by atoms with Gasteiger partial charge in [-0.2, -0.15) is 9.97 Å². The molecule has 0 amide bonds. The standard InChI is InChI=1S/C28H37N5O2/c1-32-12-2-3-21(32)17-35-27-30-25-14-28(10-8-18-4-7-22(34)13-24(18)28)11-9-23(25)26(31-27)33-19-5-6-20(33)16-29-15-19/h4,7,13,19-21,29,34H,2-3,5-6,8-12,14-17H2,1H3/t19-,20+,21-,28?/m0/s1. The maximum absolute atomic E-state index is 10.3. The second-order valence-electron chi connectivity index (χ2n) is 11.6. The number of nitrogens with zero attached hydrogens (tertiary/aromatic N) is 4. The molecule has 7 heteroatoms. The first-order chi connectivity index (χ1) is 17.1. The molecule has 0 radical (unpaired) electrons. The van der Waals surface area contributed by atoms with Crippen molar-refractivity contribution in [2.24, 2.45) is 0 Å². The number of aryl methyl sites for hydroxylation is 1. The van der Waals surface area contributed by atoms with Gasteiger partial charge in [-0.1, -0.05) is 6.07 Å². The van der Waals surface area contributed by atoms with Crippen LogP contribution in [-0.4, -0.2) is 71.4 Å². The summed E-state index contributed by atoms with van der Waals surface area (Å²) < 4.78 is 6.34. The molecule has 2 aromatic rings. The van der Waals surface area contributed by atoms with E-state index in [0.29, 0.717) is 36.5 Å². The fourth-order valence-corrected chi connectivity index (χ4v) is 7.66. The van der Waals surface area contributed by atoms with Crippen LogP contribution in [0.1, 0.15) is 60.9 Å². The Kier molecular flexibility index (Phi) is 5.21. The number of phenolic OH excluding ortho intramolecular Hbond substituents is 1. The molecule has 1 spiro atoms. The number of phenols is 1. The number of hydrogen-bond donors (Lipinski definition) is 2. The van der Waals surface area contributed by atoms with Crippen LogP contribution in [0.2, 0.25) is 0 Å². The lowest BCUT2D eigenvalue weighted by Gasteiger charge is -2.41. The predicted molar refractivity (Wildman–Crippen MR) is 135 cm³/mol. The molecule has 0 saturated carbocycles. The highest BCUT2D eigenvalue weighted by molar-refractivity contribution is 5.56. The zero-order valence-electron chi connectivity index (χ0n) is 20.8. The molecule has 5 aliphatic rings. The number of anilines is 1. The van der Waals surface area contributed by atoms with Crippen molar-refractivity contribution < 1.29 is 9.84 Å². The first-order valence-electron chi connectivity index (χ1n) is 13.6. The van der Waals surface area contributed by atoms with E-state index in [1.807, 2.05) is 12.1 Å². The summed E-state index contributed by atoms with van der Waals surface area (Å²) >= 11 is 0. The first-order valence-corrected chi connectivity index (χ1v) is 13.6. The van der Waals surface area contributed by atoms with Crippen LogP contribution >= 0.6 is 0 Å². The van der Waals surface area contributed by atoms with E-state index in [4.69, 9.17) is 14.7 Å². The Labute approximate surface area is 207 Å². The number of likely N-dealkylation sites (tertiary alicyclic amines) is 1. The highest BCUT2D eigenvalue weighted by atomic mass is 16.5. The van der Waals surface area contributed by atoms with Crippen molar-refractivity contribution >= 4 is 5.82 Å². The van der Waals surface area contributed by atoms with Crippen LogP contribution < -0.4 is 15.0 Å². The zero-order valence-corrected chi connectivity index (χ0v) is 20.8. The Balaban J connectivity index is 1.26. The van der Waals surface area contributed by atoms with E-state index in [9.17, 15) is 5.11 Å². The van der Waals surface area contributed by atoms with Gasteiger partial charge in [-0.05, 0) is 94.6 Å². The molecule has 2 N–H and O–H groups in total. The van der Waals surface area contributed by atoms with E-state index in [-0.39, 0.29) is 5.41 Å². The average Bonchev–Trinajstić information content (AvgIpc) is 3.50. The summed E-state index contributed by atoms with van der Waals surface area (Å²) in [4.78, 5) is 15.2. The van der Waals surface area contributed by atoms with Crippen molar-refractivity contribution in [1.82, 2.24) is 20.2 Å². The van der Waals surface area contributed by atoms with Crippen molar-refractivity contribution in [3.8, 4) is 11.8 Å². The van der Waals surface area contributed by atoms with Crippen LogP contribution in [0, 0.1) is 0 Å². The van der Waals surface area contributed by atoms with Gasteiger partial charge in [0.1, 0.15) is 18.2 Å². The lowest BCUT2D eigenvalue weighted by molar-refractivity contribution is 0.186. The highest BCUT2D eigenvalue weighted by Gasteiger charge is 2.45. The molecule has 3 aliphatic heterocycles. The number of nitrogens with one attached hydrogen (secondary N) is 1. The van der Waals surface area contributed by atoms with Crippen molar-refractivity contribution in [3.63, 3.8) is 0 Å². The summed E-state index contributed by atoms with van der Waals surface area (Å²) in [6.07, 6.45) is 10.1. The number of fused-ring (bicyclic) bond motifs is 5. The molecule has 186 valence electrons. The van der Waals surface area contributed by atoms with E-state index >= 15 is 0 Å². The van der Waals surface area contributed by atoms with E-state index in [1.54, 1.807) is 0 Å². The third-order valence-corrected chi connectivity index (χ3v) is 9.65. The molecule has 4 atom stereocenters. The molecular formula is C28H37N5O2. The van der Waals surface area contributed by atoms with E-state index < -0.39 is 0 Å².